The molecule has 0 saturated carbocycles. The standard InChI is InChI=1S/C10H9ClN2O3/c1-10(9(15)16)4-8(14)12-7-3-2-6(11)5-13(7)10/h2-3,5H,4H2,1H3,(H,15,16)/t10-/m1/s1. The van der Waals surface area contributed by atoms with E-state index in [0.29, 0.717) is 10.9 Å². The van der Waals surface area contributed by atoms with Crippen LogP contribution in [0.4, 0.5) is 0 Å². The Morgan fingerprint density at radius 1 is 1.62 bits per heavy atom. The number of aliphatic carboxylic acids is 1. The smallest absolute Gasteiger partial charge is 0.330 e. The lowest BCUT2D eigenvalue weighted by Crippen LogP contribution is -2.56. The molecule has 1 N–H and O–H groups in total. The Labute approximate surface area is 96.7 Å². The molecular weight excluding hydrogens is 232 g/mol. The van der Waals surface area contributed by atoms with Crippen molar-refractivity contribution < 1.29 is 14.7 Å². The molecule has 0 aromatic carbocycles. The minimum atomic E-state index is -1.32. The number of amidine groups is 1. The Hall–Kier alpha value is -1.62. The van der Waals surface area contributed by atoms with E-state index in [-0.39, 0.29) is 6.42 Å². The van der Waals surface area contributed by atoms with Gasteiger partial charge in [0.2, 0.25) is 0 Å². The Bertz CT molecular complexity index is 467. The van der Waals surface area contributed by atoms with E-state index in [0.717, 1.165) is 0 Å². The number of hydrogen-bond donors (Lipinski definition) is 1. The summed E-state index contributed by atoms with van der Waals surface area (Å²) in [6, 6.07) is 0. The number of allylic oxidation sites excluding steroid dienone is 2. The van der Waals surface area contributed by atoms with Crippen molar-refractivity contribution in [3.63, 3.8) is 0 Å². The largest absolute Gasteiger partial charge is 0.479 e. The highest BCUT2D eigenvalue weighted by Crippen LogP contribution is 2.30. The van der Waals surface area contributed by atoms with Crippen molar-refractivity contribution in [3.8, 4) is 0 Å². The average Bonchev–Trinajstić information content (AvgIpc) is 2.19. The number of aliphatic imine (C=N–C) groups is 1. The Balaban J connectivity index is 2.52. The number of hydrogen-bond acceptors (Lipinski definition) is 3. The van der Waals surface area contributed by atoms with Crippen LogP contribution in [-0.2, 0) is 9.59 Å². The maximum absolute atomic E-state index is 11.4. The van der Waals surface area contributed by atoms with Crippen LogP contribution in [0.5, 0.6) is 0 Å². The summed E-state index contributed by atoms with van der Waals surface area (Å²) < 4.78 is 0. The number of fused-ring (bicyclic) bond motifs is 1. The van der Waals surface area contributed by atoms with Gasteiger partial charge in [0.05, 0.1) is 11.5 Å². The summed E-state index contributed by atoms with van der Waals surface area (Å²) in [6.07, 6.45) is 4.40. The summed E-state index contributed by atoms with van der Waals surface area (Å²) in [4.78, 5) is 27.8. The van der Waals surface area contributed by atoms with Crippen molar-refractivity contribution in [2.24, 2.45) is 4.99 Å². The van der Waals surface area contributed by atoms with Crippen LogP contribution in [0.2, 0.25) is 0 Å². The maximum Gasteiger partial charge on any atom is 0.330 e. The third-order valence-corrected chi connectivity index (χ3v) is 2.84. The topological polar surface area (TPSA) is 70.0 Å². The Kier molecular flexibility index (Phi) is 2.35. The SMILES string of the molecule is C[C@]1(C(=O)O)CC(=O)N=C2C=CC(Cl)=CN21. The first-order valence-electron chi connectivity index (χ1n) is 4.63. The first-order valence-corrected chi connectivity index (χ1v) is 5.01. The second-order valence-corrected chi connectivity index (χ2v) is 4.27. The van der Waals surface area contributed by atoms with Crippen molar-refractivity contribution in [3.05, 3.63) is 23.4 Å². The van der Waals surface area contributed by atoms with E-state index in [1.165, 1.54) is 24.1 Å². The van der Waals surface area contributed by atoms with Crippen molar-refractivity contribution in [2.75, 3.05) is 0 Å². The molecule has 0 bridgehead atoms. The molecule has 0 spiro atoms. The second-order valence-electron chi connectivity index (χ2n) is 3.84. The number of rotatable bonds is 1. The van der Waals surface area contributed by atoms with Gasteiger partial charge in [-0.1, -0.05) is 11.6 Å². The molecule has 6 heteroatoms. The van der Waals surface area contributed by atoms with Gasteiger partial charge in [-0.25, -0.2) is 4.79 Å². The molecule has 84 valence electrons. The second kappa shape index (κ2) is 3.45. The molecular formula is C10H9ClN2O3. The monoisotopic (exact) mass is 240 g/mol. The van der Waals surface area contributed by atoms with E-state index < -0.39 is 17.4 Å². The molecule has 1 amide bonds. The van der Waals surface area contributed by atoms with Crippen LogP contribution < -0.4 is 0 Å². The van der Waals surface area contributed by atoms with Crippen LogP contribution >= 0.6 is 11.6 Å². The number of amides is 1. The van der Waals surface area contributed by atoms with E-state index in [9.17, 15) is 14.7 Å². The molecule has 0 saturated heterocycles. The minimum Gasteiger partial charge on any atom is -0.479 e. The Morgan fingerprint density at radius 2 is 2.31 bits per heavy atom. The van der Waals surface area contributed by atoms with Crippen LogP contribution in [-0.4, -0.2) is 33.3 Å². The number of carbonyl (C=O) groups excluding carboxylic acids is 1. The fraction of sp³-hybridized carbons (Fsp3) is 0.300. The molecule has 2 aliphatic heterocycles. The number of carbonyl (C=O) groups is 2. The lowest BCUT2D eigenvalue weighted by molar-refractivity contribution is -0.149. The van der Waals surface area contributed by atoms with E-state index >= 15 is 0 Å². The normalized spacial score (nSPS) is 28.4. The quantitative estimate of drug-likeness (QED) is 0.745. The summed E-state index contributed by atoms with van der Waals surface area (Å²) in [6.45, 7) is 1.47. The zero-order chi connectivity index (χ0) is 11.9. The highest BCUT2D eigenvalue weighted by molar-refractivity contribution is 6.32. The number of carboxylic acids is 1. The molecule has 0 aliphatic carbocycles. The molecule has 1 atom stereocenters. The first-order chi connectivity index (χ1) is 7.43. The van der Waals surface area contributed by atoms with Gasteiger partial charge < -0.3 is 10.0 Å². The van der Waals surface area contributed by atoms with Crippen molar-refractivity contribution >= 4 is 29.3 Å². The van der Waals surface area contributed by atoms with Crippen LogP contribution in [0, 0.1) is 0 Å². The van der Waals surface area contributed by atoms with Crippen LogP contribution in [0.15, 0.2) is 28.4 Å². The molecule has 2 rings (SSSR count). The van der Waals surface area contributed by atoms with Crippen LogP contribution in [0.25, 0.3) is 0 Å². The lowest BCUT2D eigenvalue weighted by Gasteiger charge is -2.39. The highest BCUT2D eigenvalue weighted by atomic mass is 35.5. The third-order valence-electron chi connectivity index (χ3n) is 2.62. The number of carboxylic acid groups (broad SMARTS) is 1. The van der Waals surface area contributed by atoms with E-state index in [4.69, 9.17) is 11.6 Å². The third kappa shape index (κ3) is 1.53. The summed E-state index contributed by atoms with van der Waals surface area (Å²) in [5.74, 6) is -1.21. The molecule has 2 heterocycles. The minimum absolute atomic E-state index is 0.166. The van der Waals surface area contributed by atoms with Crippen molar-refractivity contribution in [1.29, 1.82) is 0 Å². The van der Waals surface area contributed by atoms with Crippen LogP contribution in [0.3, 0.4) is 0 Å². The fourth-order valence-electron chi connectivity index (χ4n) is 1.68. The van der Waals surface area contributed by atoms with Gasteiger partial charge in [-0.05, 0) is 19.1 Å². The van der Waals surface area contributed by atoms with Gasteiger partial charge in [0.15, 0.2) is 0 Å². The van der Waals surface area contributed by atoms with Gasteiger partial charge >= 0.3 is 5.97 Å². The van der Waals surface area contributed by atoms with Crippen molar-refractivity contribution in [2.45, 2.75) is 18.9 Å². The van der Waals surface area contributed by atoms with E-state index in [2.05, 4.69) is 4.99 Å². The predicted molar refractivity (Wildman–Crippen MR) is 58.0 cm³/mol. The molecule has 0 radical (unpaired) electrons. The molecule has 2 aliphatic rings. The molecule has 5 nitrogen and oxygen atoms in total. The molecule has 0 fully saturated rings. The molecule has 0 aromatic rings. The van der Waals surface area contributed by atoms with Gasteiger partial charge in [0.1, 0.15) is 11.4 Å². The van der Waals surface area contributed by atoms with Gasteiger partial charge in [0.25, 0.3) is 5.91 Å². The number of halogens is 1. The van der Waals surface area contributed by atoms with E-state index in [1.807, 2.05) is 0 Å². The molecule has 0 aromatic heterocycles. The summed E-state index contributed by atoms with van der Waals surface area (Å²) >= 11 is 5.80. The van der Waals surface area contributed by atoms with Gasteiger partial charge in [-0.2, -0.15) is 4.99 Å². The van der Waals surface area contributed by atoms with Gasteiger partial charge in [-0.3, -0.25) is 4.79 Å². The van der Waals surface area contributed by atoms with Gasteiger partial charge in [-0.15, -0.1) is 0 Å². The fourth-order valence-corrected chi connectivity index (χ4v) is 1.84. The maximum atomic E-state index is 11.4. The zero-order valence-electron chi connectivity index (χ0n) is 8.48. The molecule has 0 unspecified atom stereocenters. The van der Waals surface area contributed by atoms with E-state index in [1.54, 1.807) is 6.08 Å². The zero-order valence-corrected chi connectivity index (χ0v) is 9.23. The summed E-state index contributed by atoms with van der Waals surface area (Å²) in [5.41, 5.74) is -1.32. The lowest BCUT2D eigenvalue weighted by atomic mass is 9.92. The predicted octanol–water partition coefficient (Wildman–Crippen LogP) is 1.11. The Morgan fingerprint density at radius 3 is 2.94 bits per heavy atom. The number of nitrogens with zero attached hydrogens (tertiary/aromatic N) is 2. The van der Waals surface area contributed by atoms with Crippen LogP contribution in [0.1, 0.15) is 13.3 Å². The average molecular weight is 241 g/mol. The van der Waals surface area contributed by atoms with Gasteiger partial charge in [0, 0.05) is 6.20 Å². The first kappa shape index (κ1) is 10.9. The summed E-state index contributed by atoms with van der Waals surface area (Å²) in [5, 5.41) is 9.60. The van der Waals surface area contributed by atoms with Crippen molar-refractivity contribution in [1.82, 2.24) is 4.90 Å². The summed E-state index contributed by atoms with van der Waals surface area (Å²) in [7, 11) is 0. The highest BCUT2D eigenvalue weighted by Gasteiger charge is 2.45. The molecule has 16 heavy (non-hydrogen) atoms.